The second-order valence-corrected chi connectivity index (χ2v) is 5.42. The number of hydrogen-bond acceptors (Lipinski definition) is 3. The minimum absolute atomic E-state index is 0.285. The van der Waals surface area contributed by atoms with Crippen molar-refractivity contribution in [3.63, 3.8) is 0 Å². The average Bonchev–Trinajstić information content (AvgIpc) is 2.56. The van der Waals surface area contributed by atoms with Gasteiger partial charge in [-0.25, -0.2) is 0 Å². The number of nitrogens with zero attached hydrogens (tertiary/aromatic N) is 1. The molecule has 1 fully saturated rings. The van der Waals surface area contributed by atoms with Gasteiger partial charge in [0.15, 0.2) is 0 Å². The third-order valence-electron chi connectivity index (χ3n) is 3.65. The van der Waals surface area contributed by atoms with Crippen LogP contribution in [0.1, 0.15) is 24.8 Å². The molecule has 1 atom stereocenters. The molecule has 4 heteroatoms. The van der Waals surface area contributed by atoms with Crippen molar-refractivity contribution in [1.29, 1.82) is 0 Å². The number of primary amides is 1. The normalized spacial score (nSPS) is 20.8. The van der Waals surface area contributed by atoms with Crippen molar-refractivity contribution in [2.75, 3.05) is 25.5 Å². The number of carbonyl (C=O) groups is 1. The molecular weight excluding hydrogens is 238 g/mol. The number of hydrogen-bond donors (Lipinski definition) is 2. The highest BCUT2D eigenvalue weighted by Gasteiger charge is 2.14. The summed E-state index contributed by atoms with van der Waals surface area (Å²) in [5.74, 6) is -0.285. The lowest BCUT2D eigenvalue weighted by Gasteiger charge is -2.18. The van der Waals surface area contributed by atoms with Crippen molar-refractivity contribution >= 4 is 11.6 Å². The molecule has 19 heavy (non-hydrogen) atoms. The summed E-state index contributed by atoms with van der Waals surface area (Å²) >= 11 is 0. The lowest BCUT2D eigenvalue weighted by atomic mass is 10.1. The van der Waals surface area contributed by atoms with Gasteiger partial charge in [0, 0.05) is 11.7 Å². The second-order valence-electron chi connectivity index (χ2n) is 5.42. The third kappa shape index (κ3) is 4.56. The lowest BCUT2D eigenvalue weighted by molar-refractivity contribution is -0.117. The Labute approximate surface area is 115 Å². The Kier molecular flexibility index (Phi) is 4.80. The van der Waals surface area contributed by atoms with E-state index in [4.69, 9.17) is 5.73 Å². The molecule has 104 valence electrons. The van der Waals surface area contributed by atoms with Crippen LogP contribution in [0.15, 0.2) is 24.3 Å². The zero-order valence-corrected chi connectivity index (χ0v) is 11.6. The SMILES string of the molecule is CN1CCCC(Nc2ccc(CC(N)=O)cc2)CC1. The van der Waals surface area contributed by atoms with Crippen LogP contribution in [-0.4, -0.2) is 37.0 Å². The maximum absolute atomic E-state index is 10.8. The van der Waals surface area contributed by atoms with E-state index in [0.717, 1.165) is 17.8 Å². The van der Waals surface area contributed by atoms with Crippen LogP contribution >= 0.6 is 0 Å². The summed E-state index contributed by atoms with van der Waals surface area (Å²) in [5, 5.41) is 3.58. The molecule has 4 nitrogen and oxygen atoms in total. The van der Waals surface area contributed by atoms with Gasteiger partial charge in [-0.3, -0.25) is 4.79 Å². The summed E-state index contributed by atoms with van der Waals surface area (Å²) < 4.78 is 0. The Hall–Kier alpha value is -1.55. The van der Waals surface area contributed by atoms with E-state index in [1.807, 2.05) is 24.3 Å². The summed E-state index contributed by atoms with van der Waals surface area (Å²) in [6.45, 7) is 2.34. The number of nitrogens with two attached hydrogens (primary N) is 1. The first kappa shape index (κ1) is 13.9. The maximum atomic E-state index is 10.8. The summed E-state index contributed by atoms with van der Waals surface area (Å²) in [7, 11) is 2.18. The van der Waals surface area contributed by atoms with E-state index in [9.17, 15) is 4.79 Å². The van der Waals surface area contributed by atoms with Crippen LogP contribution in [0, 0.1) is 0 Å². The standard InChI is InChI=1S/C15H23N3O/c1-18-9-2-3-13(8-10-18)17-14-6-4-12(5-7-14)11-15(16)19/h4-7,13,17H,2-3,8-11H2,1H3,(H2,16,19). The van der Waals surface area contributed by atoms with Gasteiger partial charge in [0.25, 0.3) is 0 Å². The summed E-state index contributed by atoms with van der Waals surface area (Å²) in [6.07, 6.45) is 3.95. The fraction of sp³-hybridized carbons (Fsp3) is 0.533. The molecule has 2 rings (SSSR count). The molecule has 0 aliphatic carbocycles. The lowest BCUT2D eigenvalue weighted by Crippen LogP contribution is -2.23. The zero-order valence-electron chi connectivity index (χ0n) is 11.6. The molecule has 1 aliphatic heterocycles. The van der Waals surface area contributed by atoms with Crippen LogP contribution in [0.25, 0.3) is 0 Å². The first-order valence-corrected chi connectivity index (χ1v) is 6.96. The third-order valence-corrected chi connectivity index (χ3v) is 3.65. The van der Waals surface area contributed by atoms with Crippen LogP contribution in [0.2, 0.25) is 0 Å². The molecule has 1 aromatic carbocycles. The van der Waals surface area contributed by atoms with Crippen molar-refractivity contribution in [2.24, 2.45) is 5.73 Å². The highest BCUT2D eigenvalue weighted by Crippen LogP contribution is 2.17. The molecular formula is C15H23N3O. The van der Waals surface area contributed by atoms with E-state index in [2.05, 4.69) is 17.3 Å². The summed E-state index contributed by atoms with van der Waals surface area (Å²) in [6, 6.07) is 8.55. The Morgan fingerprint density at radius 1 is 1.32 bits per heavy atom. The zero-order chi connectivity index (χ0) is 13.7. The van der Waals surface area contributed by atoms with Gasteiger partial charge in [-0.2, -0.15) is 0 Å². The average molecular weight is 261 g/mol. The number of rotatable bonds is 4. The van der Waals surface area contributed by atoms with Gasteiger partial charge in [0.2, 0.25) is 5.91 Å². The number of anilines is 1. The van der Waals surface area contributed by atoms with Gasteiger partial charge in [-0.15, -0.1) is 0 Å². The minimum atomic E-state index is -0.285. The largest absolute Gasteiger partial charge is 0.382 e. The van der Waals surface area contributed by atoms with Gasteiger partial charge in [0.1, 0.15) is 0 Å². The van der Waals surface area contributed by atoms with E-state index >= 15 is 0 Å². The van der Waals surface area contributed by atoms with E-state index in [-0.39, 0.29) is 5.91 Å². The van der Waals surface area contributed by atoms with Crippen LogP contribution in [0.5, 0.6) is 0 Å². The molecule has 1 amide bonds. The van der Waals surface area contributed by atoms with Gasteiger partial charge < -0.3 is 16.0 Å². The van der Waals surface area contributed by atoms with Crippen LogP contribution < -0.4 is 11.1 Å². The number of carbonyl (C=O) groups excluding carboxylic acids is 1. The molecule has 1 unspecified atom stereocenters. The molecule has 3 N–H and O–H groups in total. The van der Waals surface area contributed by atoms with Crippen LogP contribution in [0.4, 0.5) is 5.69 Å². The molecule has 0 spiro atoms. The molecule has 1 heterocycles. The number of nitrogens with one attached hydrogen (secondary N) is 1. The fourth-order valence-corrected chi connectivity index (χ4v) is 2.54. The minimum Gasteiger partial charge on any atom is -0.382 e. The van der Waals surface area contributed by atoms with Gasteiger partial charge in [-0.05, 0) is 57.1 Å². The predicted octanol–water partition coefficient (Wildman–Crippen LogP) is 1.61. The first-order valence-electron chi connectivity index (χ1n) is 6.96. The topological polar surface area (TPSA) is 58.4 Å². The highest BCUT2D eigenvalue weighted by molar-refractivity contribution is 5.76. The molecule has 0 aromatic heterocycles. The molecule has 1 aromatic rings. The molecule has 0 radical (unpaired) electrons. The van der Waals surface area contributed by atoms with Crippen LogP contribution in [-0.2, 0) is 11.2 Å². The van der Waals surface area contributed by atoms with E-state index < -0.39 is 0 Å². The summed E-state index contributed by atoms with van der Waals surface area (Å²) in [5.41, 5.74) is 7.28. The van der Waals surface area contributed by atoms with E-state index in [1.165, 1.54) is 25.8 Å². The van der Waals surface area contributed by atoms with Crippen LogP contribution in [0.3, 0.4) is 0 Å². The molecule has 1 saturated heterocycles. The van der Waals surface area contributed by atoms with Gasteiger partial charge >= 0.3 is 0 Å². The smallest absolute Gasteiger partial charge is 0.221 e. The van der Waals surface area contributed by atoms with Gasteiger partial charge in [-0.1, -0.05) is 12.1 Å². The van der Waals surface area contributed by atoms with Crippen molar-refractivity contribution in [3.05, 3.63) is 29.8 Å². The van der Waals surface area contributed by atoms with E-state index in [0.29, 0.717) is 12.5 Å². The number of likely N-dealkylation sites (tertiary alicyclic amines) is 1. The number of benzene rings is 1. The monoisotopic (exact) mass is 261 g/mol. The summed E-state index contributed by atoms with van der Waals surface area (Å²) in [4.78, 5) is 13.2. The Balaban J connectivity index is 1.90. The predicted molar refractivity (Wildman–Crippen MR) is 78.1 cm³/mol. The second kappa shape index (κ2) is 6.57. The Bertz CT molecular complexity index is 416. The maximum Gasteiger partial charge on any atom is 0.221 e. The first-order chi connectivity index (χ1) is 9.13. The number of amides is 1. The molecule has 0 bridgehead atoms. The molecule has 1 aliphatic rings. The van der Waals surface area contributed by atoms with Crippen molar-refractivity contribution < 1.29 is 4.79 Å². The van der Waals surface area contributed by atoms with Gasteiger partial charge in [0.05, 0.1) is 6.42 Å². The Morgan fingerprint density at radius 2 is 2.05 bits per heavy atom. The van der Waals surface area contributed by atoms with Crippen molar-refractivity contribution in [3.8, 4) is 0 Å². The van der Waals surface area contributed by atoms with E-state index in [1.54, 1.807) is 0 Å². The van der Waals surface area contributed by atoms with Crippen molar-refractivity contribution in [2.45, 2.75) is 31.7 Å². The molecule has 0 saturated carbocycles. The highest BCUT2D eigenvalue weighted by atomic mass is 16.1. The van der Waals surface area contributed by atoms with Crippen molar-refractivity contribution in [1.82, 2.24) is 4.90 Å². The quantitative estimate of drug-likeness (QED) is 0.865. The fourth-order valence-electron chi connectivity index (χ4n) is 2.54. The Morgan fingerprint density at radius 3 is 2.74 bits per heavy atom.